The number of nitrogens with zero attached hydrogens (tertiary/aromatic N) is 2. The molecule has 120 valence electrons. The Balaban J connectivity index is 2.01. The van der Waals surface area contributed by atoms with Crippen molar-refractivity contribution in [3.63, 3.8) is 0 Å². The van der Waals surface area contributed by atoms with Crippen LogP contribution in [-0.4, -0.2) is 45.0 Å². The maximum absolute atomic E-state index is 11.9. The average Bonchev–Trinajstić information content (AvgIpc) is 2.61. The molecule has 0 aliphatic carbocycles. The Morgan fingerprint density at radius 3 is 2.52 bits per heavy atom. The predicted octanol–water partition coefficient (Wildman–Crippen LogP) is 0.991. The number of amides is 1. The SMILES string of the molecule is CNC(=O)[C@@H](C#N)C(=O)/C=C\c1ccc(N2CCOCC2)cc1. The highest BCUT2D eigenvalue weighted by molar-refractivity contribution is 6.10. The molecule has 2 rings (SSSR count). The van der Waals surface area contributed by atoms with Crippen LogP contribution in [0, 0.1) is 17.2 Å². The second-order valence-corrected chi connectivity index (χ2v) is 5.10. The van der Waals surface area contributed by atoms with E-state index in [4.69, 9.17) is 10.00 Å². The highest BCUT2D eigenvalue weighted by Crippen LogP contribution is 2.17. The quantitative estimate of drug-likeness (QED) is 0.647. The summed E-state index contributed by atoms with van der Waals surface area (Å²) in [4.78, 5) is 25.5. The molecule has 1 amide bonds. The Morgan fingerprint density at radius 2 is 1.96 bits per heavy atom. The van der Waals surface area contributed by atoms with Crippen molar-refractivity contribution in [2.24, 2.45) is 5.92 Å². The van der Waals surface area contributed by atoms with Crippen LogP contribution in [0.15, 0.2) is 30.3 Å². The Morgan fingerprint density at radius 1 is 1.30 bits per heavy atom. The molecule has 0 spiro atoms. The highest BCUT2D eigenvalue weighted by atomic mass is 16.5. The van der Waals surface area contributed by atoms with Gasteiger partial charge in [-0.15, -0.1) is 0 Å². The maximum atomic E-state index is 11.9. The van der Waals surface area contributed by atoms with Crippen molar-refractivity contribution in [1.29, 1.82) is 5.26 Å². The zero-order valence-corrected chi connectivity index (χ0v) is 13.0. The summed E-state index contributed by atoms with van der Waals surface area (Å²) in [6.07, 6.45) is 2.88. The Kier molecular flexibility index (Phi) is 5.89. The van der Waals surface area contributed by atoms with Crippen LogP contribution in [0.3, 0.4) is 0 Å². The molecule has 6 heteroatoms. The molecule has 1 aromatic carbocycles. The van der Waals surface area contributed by atoms with E-state index in [1.165, 1.54) is 13.1 Å². The number of ether oxygens (including phenoxy) is 1. The second-order valence-electron chi connectivity index (χ2n) is 5.10. The Bertz CT molecular complexity index is 625. The molecule has 6 nitrogen and oxygen atoms in total. The van der Waals surface area contributed by atoms with Crippen molar-refractivity contribution in [3.8, 4) is 6.07 Å². The van der Waals surface area contributed by atoms with E-state index in [2.05, 4.69) is 10.2 Å². The minimum absolute atomic E-state index is 0.524. The summed E-state index contributed by atoms with van der Waals surface area (Å²) in [5.41, 5.74) is 1.95. The molecular formula is C17H19N3O3. The van der Waals surface area contributed by atoms with Crippen LogP contribution in [0.2, 0.25) is 0 Å². The molecule has 1 N–H and O–H groups in total. The first kappa shape index (κ1) is 16.7. The number of rotatable bonds is 5. The molecule has 0 saturated carbocycles. The number of benzene rings is 1. The standard InChI is InChI=1S/C17H19N3O3/c1-19-17(22)15(12-18)16(21)7-4-13-2-5-14(6-3-13)20-8-10-23-11-9-20/h2-7,15H,8-11H2,1H3,(H,19,22)/b7-4-/t15-/m0/s1. The lowest BCUT2D eigenvalue weighted by molar-refractivity contribution is -0.129. The molecule has 0 bridgehead atoms. The summed E-state index contributed by atoms with van der Waals surface area (Å²) in [7, 11) is 1.40. The highest BCUT2D eigenvalue weighted by Gasteiger charge is 2.22. The van der Waals surface area contributed by atoms with Crippen LogP contribution in [0.25, 0.3) is 6.08 Å². The molecule has 23 heavy (non-hydrogen) atoms. The van der Waals surface area contributed by atoms with Crippen molar-refractivity contribution >= 4 is 23.5 Å². The van der Waals surface area contributed by atoms with E-state index in [9.17, 15) is 9.59 Å². The van der Waals surface area contributed by atoms with Crippen molar-refractivity contribution in [2.75, 3.05) is 38.3 Å². The van der Waals surface area contributed by atoms with Crippen LogP contribution < -0.4 is 10.2 Å². The first-order valence-electron chi connectivity index (χ1n) is 7.41. The largest absolute Gasteiger partial charge is 0.378 e. The fourth-order valence-corrected chi connectivity index (χ4v) is 2.29. The topological polar surface area (TPSA) is 82.4 Å². The number of morpholine rings is 1. The molecule has 1 fully saturated rings. The molecule has 1 aliphatic rings. The molecule has 0 radical (unpaired) electrons. The third-order valence-corrected chi connectivity index (χ3v) is 3.63. The number of carbonyl (C=O) groups excluding carboxylic acids is 2. The van der Waals surface area contributed by atoms with Gasteiger partial charge in [0, 0.05) is 25.8 Å². The minimum atomic E-state index is -1.30. The maximum Gasteiger partial charge on any atom is 0.245 e. The van der Waals surface area contributed by atoms with Gasteiger partial charge in [0.15, 0.2) is 11.7 Å². The minimum Gasteiger partial charge on any atom is -0.378 e. The van der Waals surface area contributed by atoms with E-state index in [1.54, 1.807) is 12.1 Å². The van der Waals surface area contributed by atoms with Gasteiger partial charge in [0.25, 0.3) is 0 Å². The second kappa shape index (κ2) is 8.11. The lowest BCUT2D eigenvalue weighted by Gasteiger charge is -2.28. The average molecular weight is 313 g/mol. The van der Waals surface area contributed by atoms with Gasteiger partial charge in [0.05, 0.1) is 19.3 Å². The number of allylic oxidation sites excluding steroid dienone is 1. The van der Waals surface area contributed by atoms with Crippen LogP contribution in [0.5, 0.6) is 0 Å². The van der Waals surface area contributed by atoms with Crippen LogP contribution in [0.4, 0.5) is 5.69 Å². The lowest BCUT2D eigenvalue weighted by atomic mass is 10.0. The summed E-state index contributed by atoms with van der Waals surface area (Å²) in [6.45, 7) is 3.18. The summed E-state index contributed by atoms with van der Waals surface area (Å²) >= 11 is 0. The molecular weight excluding hydrogens is 294 g/mol. The van der Waals surface area contributed by atoms with Gasteiger partial charge < -0.3 is 15.0 Å². The van der Waals surface area contributed by atoms with Gasteiger partial charge >= 0.3 is 0 Å². The third kappa shape index (κ3) is 4.41. The zero-order chi connectivity index (χ0) is 16.7. The van der Waals surface area contributed by atoms with Gasteiger partial charge in [-0.1, -0.05) is 18.2 Å². The fraction of sp³-hybridized carbons (Fsp3) is 0.353. The smallest absolute Gasteiger partial charge is 0.245 e. The van der Waals surface area contributed by atoms with Crippen molar-refractivity contribution in [3.05, 3.63) is 35.9 Å². The Labute approximate surface area is 135 Å². The molecule has 1 atom stereocenters. The Hall–Kier alpha value is -2.65. The van der Waals surface area contributed by atoms with E-state index in [0.29, 0.717) is 0 Å². The van der Waals surface area contributed by atoms with Gasteiger partial charge in [-0.05, 0) is 23.8 Å². The summed E-state index contributed by atoms with van der Waals surface area (Å²) in [5, 5.41) is 11.2. The van der Waals surface area contributed by atoms with Gasteiger partial charge in [0.2, 0.25) is 5.91 Å². The van der Waals surface area contributed by atoms with Crippen molar-refractivity contribution < 1.29 is 14.3 Å². The summed E-state index contributed by atoms with van der Waals surface area (Å²) in [5.74, 6) is -2.42. The van der Waals surface area contributed by atoms with Gasteiger partial charge in [-0.3, -0.25) is 9.59 Å². The lowest BCUT2D eigenvalue weighted by Crippen LogP contribution is -2.36. The van der Waals surface area contributed by atoms with Crippen molar-refractivity contribution in [1.82, 2.24) is 5.32 Å². The fourth-order valence-electron chi connectivity index (χ4n) is 2.29. The molecule has 1 aromatic rings. The van der Waals surface area contributed by atoms with Crippen molar-refractivity contribution in [2.45, 2.75) is 0 Å². The monoisotopic (exact) mass is 313 g/mol. The first-order valence-corrected chi connectivity index (χ1v) is 7.41. The number of nitriles is 1. The van der Waals surface area contributed by atoms with Crippen LogP contribution in [0.1, 0.15) is 5.56 Å². The number of nitrogens with one attached hydrogen (secondary N) is 1. The number of ketones is 1. The predicted molar refractivity (Wildman–Crippen MR) is 86.7 cm³/mol. The number of anilines is 1. The van der Waals surface area contributed by atoms with E-state index in [1.807, 2.05) is 24.3 Å². The van der Waals surface area contributed by atoms with E-state index in [-0.39, 0.29) is 0 Å². The van der Waals surface area contributed by atoms with E-state index >= 15 is 0 Å². The summed E-state index contributed by atoms with van der Waals surface area (Å²) < 4.78 is 5.32. The number of carbonyl (C=O) groups is 2. The van der Waals surface area contributed by atoms with E-state index in [0.717, 1.165) is 37.6 Å². The molecule has 1 heterocycles. The number of hydrogen-bond donors (Lipinski definition) is 1. The third-order valence-electron chi connectivity index (χ3n) is 3.63. The summed E-state index contributed by atoms with van der Waals surface area (Å²) in [6, 6.07) is 9.47. The number of hydrogen-bond acceptors (Lipinski definition) is 5. The molecule has 0 unspecified atom stereocenters. The van der Waals surface area contributed by atoms with Crippen LogP contribution in [-0.2, 0) is 14.3 Å². The zero-order valence-electron chi connectivity index (χ0n) is 13.0. The van der Waals surface area contributed by atoms with Crippen LogP contribution >= 0.6 is 0 Å². The molecule has 0 aromatic heterocycles. The normalized spacial score (nSPS) is 15.9. The van der Waals surface area contributed by atoms with E-state index < -0.39 is 17.6 Å². The molecule has 1 saturated heterocycles. The van der Waals surface area contributed by atoms with Gasteiger partial charge in [-0.2, -0.15) is 5.26 Å². The van der Waals surface area contributed by atoms with Gasteiger partial charge in [-0.25, -0.2) is 0 Å². The van der Waals surface area contributed by atoms with Gasteiger partial charge in [0.1, 0.15) is 0 Å². The first-order chi connectivity index (χ1) is 11.2. The molecule has 1 aliphatic heterocycles.